The lowest BCUT2D eigenvalue weighted by Crippen LogP contribution is -2.47. The van der Waals surface area contributed by atoms with Crippen molar-refractivity contribution in [1.82, 2.24) is 5.01 Å². The van der Waals surface area contributed by atoms with E-state index < -0.39 is 0 Å². The SMILES string of the molecule is CC1CC=CC=C2CC(=O)N(N)CC21. The number of hydrazine groups is 1. The third-order valence-electron chi connectivity index (χ3n) is 3.19. The first-order chi connectivity index (χ1) is 6.68. The summed E-state index contributed by atoms with van der Waals surface area (Å²) in [4.78, 5) is 11.4. The molecule has 3 heteroatoms. The van der Waals surface area contributed by atoms with Crippen molar-refractivity contribution in [3.8, 4) is 0 Å². The van der Waals surface area contributed by atoms with E-state index in [-0.39, 0.29) is 5.91 Å². The molecule has 0 saturated carbocycles. The zero-order valence-corrected chi connectivity index (χ0v) is 8.44. The van der Waals surface area contributed by atoms with E-state index in [0.29, 0.717) is 24.8 Å². The van der Waals surface area contributed by atoms with E-state index >= 15 is 0 Å². The lowest BCUT2D eigenvalue weighted by molar-refractivity contribution is -0.133. The number of piperidine rings is 1. The summed E-state index contributed by atoms with van der Waals surface area (Å²) in [6, 6.07) is 0. The van der Waals surface area contributed by atoms with Gasteiger partial charge in [0.15, 0.2) is 0 Å². The van der Waals surface area contributed by atoms with E-state index in [9.17, 15) is 4.79 Å². The molecule has 2 aliphatic rings. The Morgan fingerprint density at radius 3 is 3.14 bits per heavy atom. The van der Waals surface area contributed by atoms with Gasteiger partial charge in [0.1, 0.15) is 0 Å². The molecule has 76 valence electrons. The van der Waals surface area contributed by atoms with Crippen LogP contribution in [0.4, 0.5) is 0 Å². The zero-order valence-electron chi connectivity index (χ0n) is 8.44. The van der Waals surface area contributed by atoms with Gasteiger partial charge in [-0.15, -0.1) is 0 Å². The van der Waals surface area contributed by atoms with Crippen LogP contribution < -0.4 is 5.84 Å². The number of amides is 1. The van der Waals surface area contributed by atoms with E-state index in [0.717, 1.165) is 6.42 Å². The van der Waals surface area contributed by atoms with Gasteiger partial charge in [-0.25, -0.2) is 5.84 Å². The van der Waals surface area contributed by atoms with Crippen molar-refractivity contribution >= 4 is 5.91 Å². The van der Waals surface area contributed by atoms with E-state index in [4.69, 9.17) is 5.84 Å². The minimum Gasteiger partial charge on any atom is -0.280 e. The molecule has 0 bridgehead atoms. The number of carbonyl (C=O) groups excluding carboxylic acids is 1. The average Bonchev–Trinajstić information content (AvgIpc) is 2.31. The fourth-order valence-corrected chi connectivity index (χ4v) is 2.22. The monoisotopic (exact) mass is 192 g/mol. The number of rotatable bonds is 0. The van der Waals surface area contributed by atoms with Gasteiger partial charge in [0.25, 0.3) is 0 Å². The second-order valence-corrected chi connectivity index (χ2v) is 4.21. The summed E-state index contributed by atoms with van der Waals surface area (Å²) in [7, 11) is 0. The largest absolute Gasteiger partial charge is 0.280 e. The lowest BCUT2D eigenvalue weighted by atomic mass is 9.82. The zero-order chi connectivity index (χ0) is 10.1. The van der Waals surface area contributed by atoms with Gasteiger partial charge >= 0.3 is 0 Å². The minimum absolute atomic E-state index is 0.0370. The molecule has 0 aromatic heterocycles. The summed E-state index contributed by atoms with van der Waals surface area (Å²) in [5.74, 6) is 6.71. The number of carbonyl (C=O) groups is 1. The van der Waals surface area contributed by atoms with Crippen LogP contribution in [0.3, 0.4) is 0 Å². The minimum atomic E-state index is 0.0370. The second kappa shape index (κ2) is 3.58. The van der Waals surface area contributed by atoms with Crippen LogP contribution in [-0.2, 0) is 4.79 Å². The number of nitrogens with zero attached hydrogens (tertiary/aromatic N) is 1. The molecule has 14 heavy (non-hydrogen) atoms. The molecule has 0 aromatic carbocycles. The normalized spacial score (nSPS) is 32.3. The highest BCUT2D eigenvalue weighted by Crippen LogP contribution is 2.32. The maximum absolute atomic E-state index is 11.4. The first kappa shape index (κ1) is 9.46. The van der Waals surface area contributed by atoms with Crippen molar-refractivity contribution in [3.05, 3.63) is 23.8 Å². The van der Waals surface area contributed by atoms with Gasteiger partial charge < -0.3 is 0 Å². The number of hydrogen-bond donors (Lipinski definition) is 1. The first-order valence-electron chi connectivity index (χ1n) is 5.09. The van der Waals surface area contributed by atoms with Crippen molar-refractivity contribution in [2.24, 2.45) is 17.7 Å². The summed E-state index contributed by atoms with van der Waals surface area (Å²) in [6.07, 6.45) is 7.88. The van der Waals surface area contributed by atoms with Gasteiger partial charge in [0.2, 0.25) is 5.91 Å². The highest BCUT2D eigenvalue weighted by molar-refractivity contribution is 5.79. The first-order valence-corrected chi connectivity index (χ1v) is 5.09. The van der Waals surface area contributed by atoms with Gasteiger partial charge in [0, 0.05) is 18.9 Å². The standard InChI is InChI=1S/C11H16N2O/c1-8-4-2-3-5-9-6-11(14)13(12)7-10(8)9/h2-3,5,8,10H,4,6-7,12H2,1H3. The van der Waals surface area contributed by atoms with E-state index in [2.05, 4.69) is 25.2 Å². The van der Waals surface area contributed by atoms with Crippen molar-refractivity contribution in [2.75, 3.05) is 6.54 Å². The van der Waals surface area contributed by atoms with Crippen LogP contribution in [0.5, 0.6) is 0 Å². The molecule has 3 nitrogen and oxygen atoms in total. The maximum Gasteiger partial charge on any atom is 0.240 e. The van der Waals surface area contributed by atoms with Gasteiger partial charge in [-0.1, -0.05) is 30.7 Å². The number of nitrogens with two attached hydrogens (primary N) is 1. The fourth-order valence-electron chi connectivity index (χ4n) is 2.22. The summed E-state index contributed by atoms with van der Waals surface area (Å²) < 4.78 is 0. The Morgan fingerprint density at radius 1 is 1.57 bits per heavy atom. The molecule has 2 rings (SSSR count). The van der Waals surface area contributed by atoms with Gasteiger partial charge in [-0.3, -0.25) is 9.80 Å². The molecule has 0 aromatic rings. The van der Waals surface area contributed by atoms with Crippen LogP contribution >= 0.6 is 0 Å². The van der Waals surface area contributed by atoms with Crippen LogP contribution in [0.25, 0.3) is 0 Å². The highest BCUT2D eigenvalue weighted by Gasteiger charge is 2.31. The molecule has 0 spiro atoms. The topological polar surface area (TPSA) is 46.3 Å². The second-order valence-electron chi connectivity index (χ2n) is 4.21. The van der Waals surface area contributed by atoms with E-state index in [1.807, 2.05) is 0 Å². The molecule has 2 atom stereocenters. The Labute approximate surface area is 84.2 Å². The van der Waals surface area contributed by atoms with Crippen molar-refractivity contribution in [3.63, 3.8) is 0 Å². The Morgan fingerprint density at radius 2 is 2.36 bits per heavy atom. The molecule has 0 radical (unpaired) electrons. The lowest BCUT2D eigenvalue weighted by Gasteiger charge is -2.34. The van der Waals surface area contributed by atoms with Crippen molar-refractivity contribution in [2.45, 2.75) is 19.8 Å². The number of hydrogen-bond acceptors (Lipinski definition) is 2. The highest BCUT2D eigenvalue weighted by atomic mass is 16.2. The summed E-state index contributed by atoms with van der Waals surface area (Å²) >= 11 is 0. The number of allylic oxidation sites excluding steroid dienone is 3. The fraction of sp³-hybridized carbons (Fsp3) is 0.545. The summed E-state index contributed by atoms with van der Waals surface area (Å²) in [6.45, 7) is 2.89. The van der Waals surface area contributed by atoms with Gasteiger partial charge in [-0.2, -0.15) is 0 Å². The third-order valence-corrected chi connectivity index (χ3v) is 3.19. The van der Waals surface area contributed by atoms with Gasteiger partial charge in [-0.05, 0) is 12.3 Å². The molecule has 2 unspecified atom stereocenters. The van der Waals surface area contributed by atoms with Crippen molar-refractivity contribution in [1.29, 1.82) is 0 Å². The predicted octanol–water partition coefficient (Wildman–Crippen LogP) is 1.23. The molecule has 1 amide bonds. The molecule has 1 aliphatic carbocycles. The Kier molecular flexibility index (Phi) is 2.42. The van der Waals surface area contributed by atoms with Crippen LogP contribution in [0.1, 0.15) is 19.8 Å². The Bertz CT molecular complexity index is 306. The number of fused-ring (bicyclic) bond motifs is 1. The van der Waals surface area contributed by atoms with Crippen molar-refractivity contribution < 1.29 is 4.79 Å². The average molecular weight is 192 g/mol. The quantitative estimate of drug-likeness (QED) is 0.463. The molecule has 1 fully saturated rings. The van der Waals surface area contributed by atoms with Crippen LogP contribution in [-0.4, -0.2) is 17.5 Å². The Balaban J connectivity index is 2.23. The molecule has 1 heterocycles. The molecule has 1 aliphatic heterocycles. The molecule has 2 N–H and O–H groups in total. The maximum atomic E-state index is 11.4. The van der Waals surface area contributed by atoms with Crippen LogP contribution in [0.2, 0.25) is 0 Å². The van der Waals surface area contributed by atoms with Crippen LogP contribution in [0.15, 0.2) is 23.8 Å². The summed E-state index contributed by atoms with van der Waals surface area (Å²) in [5.41, 5.74) is 1.25. The van der Waals surface area contributed by atoms with Gasteiger partial charge in [0.05, 0.1) is 0 Å². The predicted molar refractivity (Wildman–Crippen MR) is 55.0 cm³/mol. The van der Waals surface area contributed by atoms with E-state index in [1.54, 1.807) is 0 Å². The molecule has 1 saturated heterocycles. The van der Waals surface area contributed by atoms with E-state index in [1.165, 1.54) is 10.6 Å². The molecular formula is C11H16N2O. The summed E-state index contributed by atoms with van der Waals surface area (Å²) in [5, 5.41) is 1.36. The molecular weight excluding hydrogens is 176 g/mol. The van der Waals surface area contributed by atoms with Crippen LogP contribution in [0, 0.1) is 11.8 Å². The Hall–Kier alpha value is -1.09. The third kappa shape index (κ3) is 1.60. The smallest absolute Gasteiger partial charge is 0.240 e.